The van der Waals surface area contributed by atoms with Gasteiger partial charge in [0.15, 0.2) is 11.8 Å². The third kappa shape index (κ3) is 5.16. The van der Waals surface area contributed by atoms with E-state index in [0.29, 0.717) is 53.9 Å². The van der Waals surface area contributed by atoms with Gasteiger partial charge in [0.25, 0.3) is 0 Å². The van der Waals surface area contributed by atoms with Crippen molar-refractivity contribution in [3.05, 3.63) is 42.1 Å². The lowest BCUT2D eigenvalue weighted by Crippen LogP contribution is -2.31. The van der Waals surface area contributed by atoms with Gasteiger partial charge < -0.3 is 16.6 Å². The summed E-state index contributed by atoms with van der Waals surface area (Å²) in [6.45, 7) is 0. The average molecular weight is 587 g/mol. The number of rotatable bonds is 7. The van der Waals surface area contributed by atoms with Crippen LogP contribution in [0.25, 0.3) is 22.5 Å². The Balaban J connectivity index is 1.63. The van der Waals surface area contributed by atoms with Crippen LogP contribution < -0.4 is 16.9 Å². The first-order valence-corrected chi connectivity index (χ1v) is 12.6. The number of nitrogen functional groups attached to an aromatic ring is 1. The molecule has 35 heavy (non-hydrogen) atoms. The van der Waals surface area contributed by atoms with Crippen LogP contribution in [0.3, 0.4) is 0 Å². The first-order valence-electron chi connectivity index (χ1n) is 11.1. The molecule has 3 aromatic heterocycles. The van der Waals surface area contributed by atoms with Crippen molar-refractivity contribution in [2.24, 2.45) is 16.6 Å². The second-order valence-corrected chi connectivity index (χ2v) is 9.32. The number of aliphatic carboxylic acids is 1. The minimum atomic E-state index is -1.85. The van der Waals surface area contributed by atoms with Gasteiger partial charge in [0.1, 0.15) is 13.7 Å². The molecule has 0 bridgehead atoms. The Morgan fingerprint density at radius 2 is 2.09 bits per heavy atom. The van der Waals surface area contributed by atoms with Crippen molar-refractivity contribution in [3.8, 4) is 11.1 Å². The van der Waals surface area contributed by atoms with Crippen LogP contribution in [0.1, 0.15) is 43.0 Å². The molecule has 1 aliphatic rings. The fourth-order valence-corrected chi connectivity index (χ4v) is 4.64. The molecule has 0 amide bonds. The predicted octanol–water partition coefficient (Wildman–Crippen LogP) is 2.63. The van der Waals surface area contributed by atoms with E-state index in [2.05, 4.69) is 37.7 Å². The predicted molar refractivity (Wildman–Crippen MR) is 143 cm³/mol. The number of alkyl halides is 2. The maximum absolute atomic E-state index is 14.0. The van der Waals surface area contributed by atoms with Gasteiger partial charge in [-0.25, -0.2) is 14.2 Å². The monoisotopic (exact) mass is 587 g/mol. The van der Waals surface area contributed by atoms with E-state index in [1.807, 2.05) is 6.07 Å². The Morgan fingerprint density at radius 1 is 1.34 bits per heavy atom. The quantitative estimate of drug-likeness (QED) is 0.167. The highest BCUT2D eigenvalue weighted by Crippen LogP contribution is 2.37. The van der Waals surface area contributed by atoms with Gasteiger partial charge in [-0.15, -0.1) is 0 Å². The van der Waals surface area contributed by atoms with Crippen LogP contribution >= 0.6 is 22.6 Å². The van der Waals surface area contributed by atoms with Crippen LogP contribution in [0.4, 0.5) is 10.2 Å². The van der Waals surface area contributed by atoms with Crippen molar-refractivity contribution in [2.75, 3.05) is 10.2 Å². The highest BCUT2D eigenvalue weighted by molar-refractivity contribution is 14.1. The molecule has 12 heteroatoms. The summed E-state index contributed by atoms with van der Waals surface area (Å²) in [4.78, 5) is 24.4. The maximum atomic E-state index is 14.0. The van der Waals surface area contributed by atoms with Crippen molar-refractivity contribution in [1.29, 1.82) is 0 Å². The number of nitrogens with two attached hydrogens (primary N) is 2. The third-order valence-electron chi connectivity index (χ3n) is 6.32. The normalized spacial score (nSPS) is 19.9. The van der Waals surface area contributed by atoms with Crippen LogP contribution in [0.15, 0.2) is 35.7 Å². The molecule has 9 nitrogen and oxygen atoms in total. The number of carbonyl (C=O) groups is 1. The summed E-state index contributed by atoms with van der Waals surface area (Å²) in [5.41, 5.74) is 16.4. The van der Waals surface area contributed by atoms with Gasteiger partial charge in [0, 0.05) is 45.5 Å². The molecule has 3 aromatic rings. The molecule has 1 saturated carbocycles. The van der Waals surface area contributed by atoms with Gasteiger partial charge in [0.05, 0.1) is 23.8 Å². The number of aliphatic imine (C=N–C) groups is 1. The molecule has 1 fully saturated rings. The van der Waals surface area contributed by atoms with Crippen molar-refractivity contribution >= 4 is 65.2 Å². The largest absolute Gasteiger partial charge is 0.479 e. The summed E-state index contributed by atoms with van der Waals surface area (Å²) in [5, 5.41) is 13.3. The molecular formula is C23H24BFIN7O2. The summed E-state index contributed by atoms with van der Waals surface area (Å²) in [6, 6.07) is 3.66. The van der Waals surface area contributed by atoms with Gasteiger partial charge >= 0.3 is 5.97 Å². The second kappa shape index (κ2) is 10.7. The minimum absolute atomic E-state index is 0.0455. The van der Waals surface area contributed by atoms with Gasteiger partial charge in [-0.2, -0.15) is 9.61 Å². The van der Waals surface area contributed by atoms with Crippen LogP contribution in [-0.2, 0) is 4.79 Å². The summed E-state index contributed by atoms with van der Waals surface area (Å²) in [6.07, 6.45) is 6.83. The summed E-state index contributed by atoms with van der Waals surface area (Å²) in [5.74, 6) is -1.69. The Hall–Kier alpha value is -3.03. The number of hydrogen-bond donors (Lipinski definition) is 3. The zero-order valence-corrected chi connectivity index (χ0v) is 21.0. The number of anilines is 1. The zero-order valence-electron chi connectivity index (χ0n) is 18.8. The molecular weight excluding hydrogens is 563 g/mol. The maximum Gasteiger partial charge on any atom is 0.338 e. The molecule has 0 saturated heterocycles. The SMILES string of the molecule is [B]c1c(C2CCC(C(F)C(=O)O)CC2)nc2c(-c3ccc(/C(N)=C/N=CCI)nc3)cnn2c1N. The van der Waals surface area contributed by atoms with E-state index in [0.717, 1.165) is 15.6 Å². The van der Waals surface area contributed by atoms with Crippen LogP contribution in [0.5, 0.6) is 0 Å². The number of carboxylic acid groups (broad SMARTS) is 1. The van der Waals surface area contributed by atoms with E-state index in [1.54, 1.807) is 30.9 Å². The van der Waals surface area contributed by atoms with Crippen molar-refractivity contribution in [1.82, 2.24) is 19.6 Å². The fourth-order valence-electron chi connectivity index (χ4n) is 4.41. The van der Waals surface area contributed by atoms with Gasteiger partial charge in [-0.05, 0) is 37.2 Å². The Kier molecular flexibility index (Phi) is 7.67. The molecule has 1 atom stereocenters. The van der Waals surface area contributed by atoms with Gasteiger partial charge in [-0.3, -0.25) is 9.98 Å². The topological polar surface area (TPSA) is 145 Å². The lowest BCUT2D eigenvalue weighted by molar-refractivity contribution is -0.145. The Bertz CT molecular complexity index is 1290. The molecule has 1 unspecified atom stereocenters. The first-order chi connectivity index (χ1) is 16.8. The number of halogens is 2. The Labute approximate surface area is 216 Å². The summed E-state index contributed by atoms with van der Waals surface area (Å²) < 4.78 is 16.2. The molecule has 1 aliphatic carbocycles. The minimum Gasteiger partial charge on any atom is -0.479 e. The fraction of sp³-hybridized carbons (Fsp3) is 0.348. The van der Waals surface area contributed by atoms with Crippen LogP contribution in [0.2, 0.25) is 0 Å². The first kappa shape index (κ1) is 25.1. The average Bonchev–Trinajstić information content (AvgIpc) is 3.30. The number of aromatic nitrogens is 4. The molecule has 0 spiro atoms. The number of hydrogen-bond acceptors (Lipinski definition) is 7. The van der Waals surface area contributed by atoms with E-state index >= 15 is 0 Å². The highest BCUT2D eigenvalue weighted by Gasteiger charge is 2.33. The molecule has 0 aromatic carbocycles. The lowest BCUT2D eigenvalue weighted by Gasteiger charge is -2.30. The molecule has 4 rings (SSSR count). The molecule has 2 radical (unpaired) electrons. The van der Waals surface area contributed by atoms with Gasteiger partial charge in [-0.1, -0.05) is 28.7 Å². The smallest absolute Gasteiger partial charge is 0.338 e. The number of nitrogens with zero attached hydrogens (tertiary/aromatic N) is 5. The van der Waals surface area contributed by atoms with E-state index in [1.165, 1.54) is 4.52 Å². The van der Waals surface area contributed by atoms with E-state index in [4.69, 9.17) is 29.4 Å². The Morgan fingerprint density at radius 3 is 2.71 bits per heavy atom. The second-order valence-electron chi connectivity index (χ2n) is 8.44. The van der Waals surface area contributed by atoms with E-state index in [9.17, 15) is 9.18 Å². The third-order valence-corrected chi connectivity index (χ3v) is 6.71. The van der Waals surface area contributed by atoms with E-state index in [-0.39, 0.29) is 11.7 Å². The van der Waals surface area contributed by atoms with Gasteiger partial charge in [0.2, 0.25) is 0 Å². The number of fused-ring (bicyclic) bond motifs is 1. The van der Waals surface area contributed by atoms with E-state index < -0.39 is 18.1 Å². The van der Waals surface area contributed by atoms with Crippen molar-refractivity contribution in [3.63, 3.8) is 0 Å². The van der Waals surface area contributed by atoms with Crippen LogP contribution in [0, 0.1) is 5.92 Å². The highest BCUT2D eigenvalue weighted by atomic mass is 127. The number of pyridine rings is 1. The van der Waals surface area contributed by atoms with Crippen LogP contribution in [-0.4, -0.2) is 55.3 Å². The zero-order chi connectivity index (χ0) is 25.1. The number of carboxylic acids is 1. The standard InChI is InChI=1S/C23H24BFIN7O2/c24-18-20(13-3-1-12(2-4-13)19(25)23(34)35)32-22-15(10-31-33(22)21(18)28)14-5-6-17(30-9-14)16(27)11-29-8-7-26/h5-6,8-13,19H,1-4,7,27-28H2,(H,34,35)/b16-11-,29-8?. The molecule has 3 heterocycles. The van der Waals surface area contributed by atoms with Crippen molar-refractivity contribution < 1.29 is 14.3 Å². The molecule has 180 valence electrons. The molecule has 0 aliphatic heterocycles. The summed E-state index contributed by atoms with van der Waals surface area (Å²) in [7, 11) is 6.31. The van der Waals surface area contributed by atoms with Crippen molar-refractivity contribution in [2.45, 2.75) is 37.8 Å². The summed E-state index contributed by atoms with van der Waals surface area (Å²) >= 11 is 2.19. The molecule has 5 N–H and O–H groups in total. The lowest BCUT2D eigenvalue weighted by atomic mass is 9.75.